The molecule has 0 bridgehead atoms. The summed E-state index contributed by atoms with van der Waals surface area (Å²) < 4.78 is 26.7. The third-order valence-corrected chi connectivity index (χ3v) is 6.73. The van der Waals surface area contributed by atoms with Gasteiger partial charge >= 0.3 is 0 Å². The van der Waals surface area contributed by atoms with Crippen LogP contribution in [0.25, 0.3) is 0 Å². The first-order chi connectivity index (χ1) is 12.9. The highest BCUT2D eigenvalue weighted by molar-refractivity contribution is 7.92. The summed E-state index contributed by atoms with van der Waals surface area (Å²) in [6.07, 6.45) is 2.61. The number of aliphatic hydroxyl groups is 1. The Labute approximate surface area is 159 Å². The summed E-state index contributed by atoms with van der Waals surface area (Å²) in [5.41, 5.74) is 0.987. The molecule has 2 aromatic rings. The van der Waals surface area contributed by atoms with Gasteiger partial charge in [0.15, 0.2) is 0 Å². The van der Waals surface area contributed by atoms with Gasteiger partial charge in [0.2, 0.25) is 0 Å². The maximum Gasteiger partial charge on any atom is 0.264 e. The van der Waals surface area contributed by atoms with Gasteiger partial charge in [0.05, 0.1) is 16.7 Å². The normalized spacial score (nSPS) is 20.1. The van der Waals surface area contributed by atoms with Crippen molar-refractivity contribution in [1.29, 1.82) is 0 Å². The first-order valence-corrected chi connectivity index (χ1v) is 10.4. The number of anilines is 1. The third-order valence-electron chi connectivity index (χ3n) is 4.93. The number of nitrogens with one attached hydrogen (secondary N) is 1. The first kappa shape index (κ1) is 19.4. The molecule has 3 rings (SSSR count). The Morgan fingerprint density at radius 1 is 1.00 bits per heavy atom. The molecule has 0 aromatic heterocycles. The average molecular weight is 388 g/mol. The van der Waals surface area contributed by atoms with Crippen LogP contribution in [0.3, 0.4) is 0 Å². The lowest BCUT2D eigenvalue weighted by Crippen LogP contribution is -2.38. The molecule has 0 saturated heterocycles. The molecule has 0 atom stereocenters. The molecule has 2 N–H and O–H groups in total. The molecule has 1 saturated carbocycles. The van der Waals surface area contributed by atoms with Crippen molar-refractivity contribution in [3.63, 3.8) is 0 Å². The predicted molar refractivity (Wildman–Crippen MR) is 104 cm³/mol. The molecule has 0 unspecified atom stereocenters. The van der Waals surface area contributed by atoms with Crippen LogP contribution >= 0.6 is 0 Å². The number of aliphatic hydroxyl groups excluding tert-OH is 1. The van der Waals surface area contributed by atoms with Crippen molar-refractivity contribution in [2.75, 3.05) is 11.4 Å². The van der Waals surface area contributed by atoms with E-state index in [0.29, 0.717) is 24.1 Å². The fraction of sp³-hybridized carbons (Fsp3) is 0.350. The van der Waals surface area contributed by atoms with Crippen molar-refractivity contribution in [2.45, 2.75) is 42.7 Å². The zero-order chi connectivity index (χ0) is 19.4. The molecule has 27 heavy (non-hydrogen) atoms. The van der Waals surface area contributed by atoms with Crippen molar-refractivity contribution >= 4 is 21.6 Å². The Bertz CT molecular complexity index is 874. The van der Waals surface area contributed by atoms with Crippen LogP contribution in [-0.4, -0.2) is 38.6 Å². The lowest BCUT2D eigenvalue weighted by Gasteiger charge is -2.26. The third kappa shape index (κ3) is 4.48. The number of benzene rings is 2. The molecule has 0 aliphatic heterocycles. The van der Waals surface area contributed by atoms with Crippen molar-refractivity contribution in [3.8, 4) is 0 Å². The molecule has 1 amide bonds. The number of hydrogen-bond donors (Lipinski definition) is 2. The number of nitrogens with zero attached hydrogens (tertiary/aromatic N) is 1. The summed E-state index contributed by atoms with van der Waals surface area (Å²) in [6.45, 7) is 0. The number of carbonyl (C=O) groups is 1. The molecular weight excluding hydrogens is 364 g/mol. The van der Waals surface area contributed by atoms with Gasteiger partial charge in [-0.2, -0.15) is 0 Å². The maximum absolute atomic E-state index is 12.8. The summed E-state index contributed by atoms with van der Waals surface area (Å²) >= 11 is 0. The number of para-hydroxylation sites is 1. The van der Waals surface area contributed by atoms with Crippen LogP contribution in [0.1, 0.15) is 36.0 Å². The van der Waals surface area contributed by atoms with E-state index < -0.39 is 10.0 Å². The fourth-order valence-electron chi connectivity index (χ4n) is 3.20. The van der Waals surface area contributed by atoms with E-state index in [0.717, 1.165) is 12.8 Å². The molecule has 144 valence electrons. The van der Waals surface area contributed by atoms with Crippen molar-refractivity contribution in [1.82, 2.24) is 5.32 Å². The van der Waals surface area contributed by atoms with Gasteiger partial charge in [-0.1, -0.05) is 18.2 Å². The lowest BCUT2D eigenvalue weighted by molar-refractivity contribution is 0.0867. The van der Waals surface area contributed by atoms with Crippen molar-refractivity contribution in [3.05, 3.63) is 60.2 Å². The van der Waals surface area contributed by atoms with Crippen LogP contribution in [0.5, 0.6) is 0 Å². The highest BCUT2D eigenvalue weighted by atomic mass is 32.2. The zero-order valence-corrected chi connectivity index (χ0v) is 16.0. The van der Waals surface area contributed by atoms with Crippen molar-refractivity contribution < 1.29 is 18.3 Å². The van der Waals surface area contributed by atoms with Crippen LogP contribution < -0.4 is 9.62 Å². The second-order valence-corrected chi connectivity index (χ2v) is 8.78. The number of carbonyl (C=O) groups excluding carboxylic acids is 1. The Morgan fingerprint density at radius 2 is 1.59 bits per heavy atom. The van der Waals surface area contributed by atoms with E-state index in [-0.39, 0.29) is 22.9 Å². The number of sulfonamides is 1. The molecule has 1 fully saturated rings. The van der Waals surface area contributed by atoms with Crippen LogP contribution in [0.15, 0.2) is 59.5 Å². The Morgan fingerprint density at radius 3 is 2.19 bits per heavy atom. The van der Waals surface area contributed by atoms with Gasteiger partial charge in [0.1, 0.15) is 0 Å². The minimum absolute atomic E-state index is 0.0496. The van der Waals surface area contributed by atoms with Gasteiger partial charge in [-0.25, -0.2) is 8.42 Å². The monoisotopic (exact) mass is 388 g/mol. The van der Waals surface area contributed by atoms with E-state index in [2.05, 4.69) is 5.32 Å². The Kier molecular flexibility index (Phi) is 5.82. The smallest absolute Gasteiger partial charge is 0.264 e. The van der Waals surface area contributed by atoms with Crippen LogP contribution in [0.4, 0.5) is 5.69 Å². The molecule has 0 heterocycles. The molecule has 7 heteroatoms. The first-order valence-electron chi connectivity index (χ1n) is 9.01. The van der Waals surface area contributed by atoms with Gasteiger partial charge in [0, 0.05) is 18.7 Å². The van der Waals surface area contributed by atoms with Gasteiger partial charge in [0.25, 0.3) is 15.9 Å². The lowest BCUT2D eigenvalue weighted by atomic mass is 9.93. The summed E-state index contributed by atoms with van der Waals surface area (Å²) in [5.74, 6) is -0.225. The van der Waals surface area contributed by atoms with E-state index in [1.165, 1.54) is 35.6 Å². The number of hydrogen-bond acceptors (Lipinski definition) is 4. The number of amides is 1. The molecule has 1 aliphatic carbocycles. The van der Waals surface area contributed by atoms with Gasteiger partial charge in [-0.05, 0) is 62.1 Å². The SMILES string of the molecule is CN(c1ccccc1)S(=O)(=O)c1ccc(C(=O)NC2CCC(O)CC2)cc1. The van der Waals surface area contributed by atoms with E-state index in [1.54, 1.807) is 24.3 Å². The van der Waals surface area contributed by atoms with E-state index in [4.69, 9.17) is 0 Å². The topological polar surface area (TPSA) is 86.7 Å². The second kappa shape index (κ2) is 8.10. The quantitative estimate of drug-likeness (QED) is 0.824. The molecular formula is C20H24N2O4S. The largest absolute Gasteiger partial charge is 0.393 e. The van der Waals surface area contributed by atoms with Gasteiger partial charge < -0.3 is 10.4 Å². The molecule has 1 aliphatic rings. The predicted octanol–water partition coefficient (Wildman–Crippen LogP) is 2.55. The Balaban J connectivity index is 1.70. The summed E-state index contributed by atoms with van der Waals surface area (Å²) in [7, 11) is -2.19. The zero-order valence-electron chi connectivity index (χ0n) is 15.2. The maximum atomic E-state index is 12.8. The summed E-state index contributed by atoms with van der Waals surface area (Å²) in [6, 6.07) is 14.8. The average Bonchev–Trinajstić information content (AvgIpc) is 2.70. The number of rotatable bonds is 5. The van der Waals surface area contributed by atoms with Crippen LogP contribution in [-0.2, 0) is 10.0 Å². The van der Waals surface area contributed by atoms with Gasteiger partial charge in [-0.15, -0.1) is 0 Å². The molecule has 0 radical (unpaired) electrons. The molecule has 0 spiro atoms. The van der Waals surface area contributed by atoms with E-state index >= 15 is 0 Å². The highest BCUT2D eigenvalue weighted by Crippen LogP contribution is 2.22. The van der Waals surface area contributed by atoms with Crippen molar-refractivity contribution in [2.24, 2.45) is 0 Å². The summed E-state index contributed by atoms with van der Waals surface area (Å²) in [5, 5.41) is 12.5. The molecule has 2 aromatic carbocycles. The molecule has 6 nitrogen and oxygen atoms in total. The highest BCUT2D eigenvalue weighted by Gasteiger charge is 2.23. The van der Waals surface area contributed by atoms with Gasteiger partial charge in [-0.3, -0.25) is 9.10 Å². The van der Waals surface area contributed by atoms with E-state index in [1.807, 2.05) is 6.07 Å². The van der Waals surface area contributed by atoms with Crippen LogP contribution in [0, 0.1) is 0 Å². The standard InChI is InChI=1S/C20H24N2O4S/c1-22(17-5-3-2-4-6-17)27(25,26)19-13-7-15(8-14-19)20(24)21-16-9-11-18(23)12-10-16/h2-8,13-14,16,18,23H,9-12H2,1H3,(H,21,24). The van der Waals surface area contributed by atoms with E-state index in [9.17, 15) is 18.3 Å². The Hall–Kier alpha value is -2.38. The minimum Gasteiger partial charge on any atom is -0.393 e. The summed E-state index contributed by atoms with van der Waals surface area (Å²) in [4.78, 5) is 12.5. The van der Waals surface area contributed by atoms with Crippen LogP contribution in [0.2, 0.25) is 0 Å². The fourth-order valence-corrected chi connectivity index (χ4v) is 4.40. The second-order valence-electron chi connectivity index (χ2n) is 6.81. The minimum atomic E-state index is -3.69.